The predicted octanol–water partition coefficient (Wildman–Crippen LogP) is 2.20. The molecule has 1 aliphatic heterocycles. The van der Waals surface area contributed by atoms with Crippen LogP contribution in [0.15, 0.2) is 24.3 Å². The summed E-state index contributed by atoms with van der Waals surface area (Å²) in [6.07, 6.45) is -4.53. The lowest BCUT2D eigenvalue weighted by Gasteiger charge is -2.10. The van der Waals surface area contributed by atoms with Crippen LogP contribution in [0.2, 0.25) is 0 Å². The van der Waals surface area contributed by atoms with Gasteiger partial charge in [-0.15, -0.1) is 13.2 Å². The fourth-order valence-corrected chi connectivity index (χ4v) is 3.80. The van der Waals surface area contributed by atoms with E-state index < -0.39 is 27.9 Å². The Hall–Kier alpha value is -1.57. The van der Waals surface area contributed by atoms with E-state index in [1.165, 1.54) is 12.1 Å². The summed E-state index contributed by atoms with van der Waals surface area (Å²) in [6.45, 7) is 0. The van der Waals surface area contributed by atoms with Crippen molar-refractivity contribution in [2.75, 3.05) is 11.5 Å². The third kappa shape index (κ3) is 3.72. The maximum Gasteiger partial charge on any atom is 0.573 e. The largest absolute Gasteiger partial charge is 0.573 e. The highest BCUT2D eigenvalue weighted by atomic mass is 32.2. The van der Waals surface area contributed by atoms with Gasteiger partial charge in [0.2, 0.25) is 0 Å². The molecule has 0 radical (unpaired) electrons. The van der Waals surface area contributed by atoms with Gasteiger partial charge in [-0.2, -0.15) is 0 Å². The van der Waals surface area contributed by atoms with Crippen molar-refractivity contribution < 1.29 is 31.1 Å². The van der Waals surface area contributed by atoms with Gasteiger partial charge in [0, 0.05) is 11.5 Å². The first-order valence-electron chi connectivity index (χ1n) is 5.77. The van der Waals surface area contributed by atoms with Gasteiger partial charge in [-0.05, 0) is 30.7 Å². The van der Waals surface area contributed by atoms with E-state index in [9.17, 15) is 26.4 Å². The average Bonchev–Trinajstić information content (AvgIpc) is 2.68. The average molecular weight is 308 g/mol. The Morgan fingerprint density at radius 2 is 1.80 bits per heavy atom. The second-order valence-corrected chi connectivity index (χ2v) is 6.77. The van der Waals surface area contributed by atoms with Crippen molar-refractivity contribution in [3.8, 4) is 5.75 Å². The summed E-state index contributed by atoms with van der Waals surface area (Å²) in [4.78, 5) is 12.0. The molecule has 1 aromatic rings. The molecule has 0 aliphatic carbocycles. The van der Waals surface area contributed by atoms with Crippen LogP contribution in [0.3, 0.4) is 0 Å². The molecule has 0 spiro atoms. The fraction of sp³-hybridized carbons (Fsp3) is 0.417. The molecule has 1 heterocycles. The van der Waals surface area contributed by atoms with E-state index in [2.05, 4.69) is 4.74 Å². The molecule has 20 heavy (non-hydrogen) atoms. The number of hydrogen-bond acceptors (Lipinski definition) is 4. The molecule has 1 saturated heterocycles. The number of alkyl halides is 3. The standard InChI is InChI=1S/C12H11F3O4S/c13-12(14,15)19-10-3-1-8(2-4-10)11(16)9-5-6-20(17,18)7-9/h1-4,9H,5-7H2. The Labute approximate surface area is 113 Å². The van der Waals surface area contributed by atoms with Crippen LogP contribution < -0.4 is 4.74 Å². The molecular formula is C12H11F3O4S. The quantitative estimate of drug-likeness (QED) is 0.803. The predicted molar refractivity (Wildman–Crippen MR) is 64.2 cm³/mol. The Morgan fingerprint density at radius 3 is 2.25 bits per heavy atom. The van der Waals surface area contributed by atoms with Crippen LogP contribution in [0.4, 0.5) is 13.2 Å². The van der Waals surface area contributed by atoms with Crippen molar-refractivity contribution in [3.63, 3.8) is 0 Å². The van der Waals surface area contributed by atoms with Crippen LogP contribution in [-0.4, -0.2) is 32.1 Å². The van der Waals surface area contributed by atoms with Crippen molar-refractivity contribution >= 4 is 15.6 Å². The number of rotatable bonds is 3. The van der Waals surface area contributed by atoms with E-state index >= 15 is 0 Å². The first-order valence-corrected chi connectivity index (χ1v) is 7.59. The minimum atomic E-state index is -4.79. The topological polar surface area (TPSA) is 60.4 Å². The molecule has 2 rings (SSSR count). The van der Waals surface area contributed by atoms with Crippen LogP contribution in [0.1, 0.15) is 16.8 Å². The highest BCUT2D eigenvalue weighted by Gasteiger charge is 2.34. The maximum atomic E-state index is 12.0. The van der Waals surface area contributed by atoms with Crippen molar-refractivity contribution in [2.24, 2.45) is 5.92 Å². The van der Waals surface area contributed by atoms with Gasteiger partial charge in [-0.3, -0.25) is 4.79 Å². The second kappa shape index (κ2) is 5.08. The highest BCUT2D eigenvalue weighted by Crippen LogP contribution is 2.26. The molecule has 0 N–H and O–H groups in total. The number of hydrogen-bond donors (Lipinski definition) is 0. The zero-order chi connectivity index (χ0) is 15.0. The van der Waals surface area contributed by atoms with Crippen LogP contribution in [0.5, 0.6) is 5.75 Å². The van der Waals surface area contributed by atoms with E-state index in [4.69, 9.17) is 0 Å². The van der Waals surface area contributed by atoms with Gasteiger partial charge in [-0.25, -0.2) is 8.42 Å². The molecule has 1 aromatic carbocycles. The summed E-state index contributed by atoms with van der Waals surface area (Å²) in [5.41, 5.74) is 0.182. The minimum absolute atomic E-state index is 0.0291. The molecule has 0 bridgehead atoms. The number of halogens is 3. The third-order valence-electron chi connectivity index (χ3n) is 2.98. The van der Waals surface area contributed by atoms with Crippen LogP contribution in [-0.2, 0) is 9.84 Å². The zero-order valence-electron chi connectivity index (χ0n) is 10.2. The lowest BCUT2D eigenvalue weighted by atomic mass is 9.97. The smallest absolute Gasteiger partial charge is 0.406 e. The molecule has 0 aromatic heterocycles. The summed E-state index contributed by atoms with van der Waals surface area (Å²) in [7, 11) is -3.17. The summed E-state index contributed by atoms with van der Waals surface area (Å²) in [5.74, 6) is -1.64. The number of sulfone groups is 1. The molecule has 1 aliphatic rings. The lowest BCUT2D eigenvalue weighted by molar-refractivity contribution is -0.274. The summed E-state index contributed by atoms with van der Waals surface area (Å²) in [5, 5.41) is 0. The van der Waals surface area contributed by atoms with Crippen molar-refractivity contribution in [3.05, 3.63) is 29.8 Å². The lowest BCUT2D eigenvalue weighted by Crippen LogP contribution is -2.18. The molecule has 4 nitrogen and oxygen atoms in total. The van der Waals surface area contributed by atoms with Gasteiger partial charge < -0.3 is 4.74 Å². The van der Waals surface area contributed by atoms with E-state index in [-0.39, 0.29) is 29.3 Å². The van der Waals surface area contributed by atoms with E-state index in [1.807, 2.05) is 0 Å². The van der Waals surface area contributed by atoms with Crippen molar-refractivity contribution in [1.82, 2.24) is 0 Å². The zero-order valence-corrected chi connectivity index (χ0v) is 11.0. The van der Waals surface area contributed by atoms with Gasteiger partial charge in [0.1, 0.15) is 5.75 Å². The van der Waals surface area contributed by atoms with Gasteiger partial charge in [0.15, 0.2) is 15.6 Å². The number of carbonyl (C=O) groups excluding carboxylic acids is 1. The van der Waals surface area contributed by atoms with E-state index in [1.54, 1.807) is 0 Å². The van der Waals surface area contributed by atoms with E-state index in [0.717, 1.165) is 12.1 Å². The number of benzene rings is 1. The van der Waals surface area contributed by atoms with Gasteiger partial charge in [0.05, 0.1) is 11.5 Å². The number of ketones is 1. The summed E-state index contributed by atoms with van der Waals surface area (Å²) < 4.78 is 62.2. The maximum absolute atomic E-state index is 12.0. The van der Waals surface area contributed by atoms with Crippen molar-refractivity contribution in [2.45, 2.75) is 12.8 Å². The Bertz CT molecular complexity index is 605. The monoisotopic (exact) mass is 308 g/mol. The van der Waals surface area contributed by atoms with Crippen LogP contribution >= 0.6 is 0 Å². The number of carbonyl (C=O) groups is 1. The van der Waals surface area contributed by atoms with Gasteiger partial charge >= 0.3 is 6.36 Å². The van der Waals surface area contributed by atoms with Crippen molar-refractivity contribution in [1.29, 1.82) is 0 Å². The Balaban J connectivity index is 2.09. The molecular weight excluding hydrogens is 297 g/mol. The Kier molecular flexibility index (Phi) is 3.77. The molecule has 1 unspecified atom stereocenters. The molecule has 0 saturated carbocycles. The summed E-state index contributed by atoms with van der Waals surface area (Å²) in [6, 6.07) is 4.47. The van der Waals surface area contributed by atoms with E-state index in [0.29, 0.717) is 0 Å². The molecule has 1 fully saturated rings. The van der Waals surface area contributed by atoms with Gasteiger partial charge in [0.25, 0.3) is 0 Å². The SMILES string of the molecule is O=C(c1ccc(OC(F)(F)F)cc1)C1CCS(=O)(=O)C1. The minimum Gasteiger partial charge on any atom is -0.406 e. The first-order chi connectivity index (χ1) is 9.16. The first kappa shape index (κ1) is 14.8. The normalized spacial score (nSPS) is 21.6. The third-order valence-corrected chi connectivity index (χ3v) is 4.74. The molecule has 1 atom stereocenters. The highest BCUT2D eigenvalue weighted by molar-refractivity contribution is 7.91. The van der Waals surface area contributed by atoms with Crippen LogP contribution in [0.25, 0.3) is 0 Å². The molecule has 0 amide bonds. The van der Waals surface area contributed by atoms with Gasteiger partial charge in [-0.1, -0.05) is 0 Å². The Morgan fingerprint density at radius 1 is 1.20 bits per heavy atom. The number of ether oxygens (including phenoxy) is 1. The van der Waals surface area contributed by atoms with Crippen LogP contribution in [0, 0.1) is 5.92 Å². The number of Topliss-reactive ketones (excluding diaryl/α,β-unsaturated/α-hetero) is 1. The fourth-order valence-electron chi connectivity index (χ4n) is 2.06. The molecule has 8 heteroatoms. The summed E-state index contributed by atoms with van der Waals surface area (Å²) >= 11 is 0. The molecule has 110 valence electrons. The second-order valence-electron chi connectivity index (χ2n) is 4.54.